The molecular formula is C15H19N3O6S. The van der Waals surface area contributed by atoms with Gasteiger partial charge in [-0.1, -0.05) is 13.8 Å². The number of aromatic amines is 2. The number of carboxylic acid groups (broad SMARTS) is 1. The highest BCUT2D eigenvalue weighted by atomic mass is 32.2. The number of benzene rings is 1. The van der Waals surface area contributed by atoms with Crippen LogP contribution in [-0.4, -0.2) is 36.0 Å². The summed E-state index contributed by atoms with van der Waals surface area (Å²) in [5.41, 5.74) is -1.28. The zero-order valence-corrected chi connectivity index (χ0v) is 14.5. The summed E-state index contributed by atoms with van der Waals surface area (Å²) in [7, 11) is -3.97. The molecule has 1 aromatic heterocycles. The van der Waals surface area contributed by atoms with Crippen molar-refractivity contribution in [3.05, 3.63) is 38.9 Å². The first-order chi connectivity index (χ1) is 11.6. The van der Waals surface area contributed by atoms with Gasteiger partial charge in [-0.05, 0) is 30.5 Å². The molecule has 0 spiro atoms. The minimum Gasteiger partial charge on any atom is -0.481 e. The van der Waals surface area contributed by atoms with E-state index in [9.17, 15) is 27.9 Å². The van der Waals surface area contributed by atoms with Crippen LogP contribution >= 0.6 is 0 Å². The van der Waals surface area contributed by atoms with E-state index in [4.69, 9.17) is 0 Å². The van der Waals surface area contributed by atoms with Crippen molar-refractivity contribution >= 4 is 27.0 Å². The summed E-state index contributed by atoms with van der Waals surface area (Å²) in [6, 6.07) is 3.81. The highest BCUT2D eigenvalue weighted by Crippen LogP contribution is 2.16. The van der Waals surface area contributed by atoms with Crippen molar-refractivity contribution in [1.82, 2.24) is 14.7 Å². The van der Waals surface area contributed by atoms with Gasteiger partial charge in [0.15, 0.2) is 0 Å². The fourth-order valence-electron chi connectivity index (χ4n) is 2.40. The summed E-state index contributed by atoms with van der Waals surface area (Å²) in [6.45, 7) is 3.46. The van der Waals surface area contributed by atoms with Crippen molar-refractivity contribution in [3.8, 4) is 0 Å². The van der Waals surface area contributed by atoms with Crippen molar-refractivity contribution < 1.29 is 18.3 Å². The third kappa shape index (κ3) is 4.54. The van der Waals surface area contributed by atoms with Crippen LogP contribution in [0.3, 0.4) is 0 Å². The molecule has 4 N–H and O–H groups in total. The maximum absolute atomic E-state index is 12.4. The fourth-order valence-corrected chi connectivity index (χ4v) is 3.50. The van der Waals surface area contributed by atoms with E-state index < -0.39 is 33.0 Å². The molecule has 0 amide bonds. The average Bonchev–Trinajstić information content (AvgIpc) is 2.51. The van der Waals surface area contributed by atoms with Crippen LogP contribution in [0.5, 0.6) is 0 Å². The van der Waals surface area contributed by atoms with Crippen molar-refractivity contribution in [2.24, 2.45) is 11.8 Å². The summed E-state index contributed by atoms with van der Waals surface area (Å²) >= 11 is 0. The van der Waals surface area contributed by atoms with Crippen LogP contribution in [0.15, 0.2) is 32.7 Å². The molecule has 1 heterocycles. The predicted molar refractivity (Wildman–Crippen MR) is 91.0 cm³/mol. The smallest absolute Gasteiger partial charge is 0.314 e. The fraction of sp³-hybridized carbons (Fsp3) is 0.400. The van der Waals surface area contributed by atoms with Gasteiger partial charge >= 0.3 is 17.1 Å². The first kappa shape index (κ1) is 18.9. The zero-order chi connectivity index (χ0) is 18.8. The Morgan fingerprint density at radius 3 is 2.32 bits per heavy atom. The number of sulfonamides is 1. The summed E-state index contributed by atoms with van der Waals surface area (Å²) < 4.78 is 27.0. The van der Waals surface area contributed by atoms with Gasteiger partial charge in [0.05, 0.1) is 21.8 Å². The molecule has 10 heteroatoms. The largest absolute Gasteiger partial charge is 0.481 e. The minimum atomic E-state index is -3.97. The van der Waals surface area contributed by atoms with E-state index in [0.717, 1.165) is 0 Å². The highest BCUT2D eigenvalue weighted by molar-refractivity contribution is 7.89. The van der Waals surface area contributed by atoms with Gasteiger partial charge in [0.25, 0.3) is 0 Å². The van der Waals surface area contributed by atoms with Crippen LogP contribution < -0.4 is 15.8 Å². The molecule has 2 aromatic rings. The number of hydrogen-bond acceptors (Lipinski definition) is 5. The van der Waals surface area contributed by atoms with Gasteiger partial charge in [-0.2, -0.15) is 0 Å². The highest BCUT2D eigenvalue weighted by Gasteiger charge is 2.23. The Morgan fingerprint density at radius 2 is 1.76 bits per heavy atom. The topological polar surface area (TPSA) is 149 Å². The lowest BCUT2D eigenvalue weighted by Gasteiger charge is -2.15. The molecule has 1 atom stereocenters. The molecule has 0 fully saturated rings. The van der Waals surface area contributed by atoms with Crippen molar-refractivity contribution in [1.29, 1.82) is 0 Å². The Balaban J connectivity index is 2.28. The Morgan fingerprint density at radius 1 is 1.16 bits per heavy atom. The molecular weight excluding hydrogens is 350 g/mol. The number of H-pyrrole nitrogens is 2. The molecule has 1 unspecified atom stereocenters. The lowest BCUT2D eigenvalue weighted by molar-refractivity contribution is -0.142. The molecule has 0 saturated carbocycles. The molecule has 9 nitrogen and oxygen atoms in total. The number of aromatic nitrogens is 2. The zero-order valence-electron chi connectivity index (χ0n) is 13.7. The van der Waals surface area contributed by atoms with E-state index in [0.29, 0.717) is 6.42 Å². The molecule has 0 aliphatic carbocycles. The monoisotopic (exact) mass is 369 g/mol. The summed E-state index contributed by atoms with van der Waals surface area (Å²) in [5, 5.41) is 9.18. The molecule has 136 valence electrons. The third-order valence-electron chi connectivity index (χ3n) is 3.63. The Bertz CT molecular complexity index is 1010. The van der Waals surface area contributed by atoms with Gasteiger partial charge in [0, 0.05) is 6.54 Å². The molecule has 2 rings (SSSR count). The van der Waals surface area contributed by atoms with E-state index in [1.54, 1.807) is 0 Å². The second-order valence-corrected chi connectivity index (χ2v) is 7.90. The number of aliphatic carboxylic acids is 1. The van der Waals surface area contributed by atoms with E-state index in [1.165, 1.54) is 18.2 Å². The van der Waals surface area contributed by atoms with Gasteiger partial charge in [0.1, 0.15) is 0 Å². The normalized spacial score (nSPS) is 13.2. The van der Waals surface area contributed by atoms with Gasteiger partial charge in [-0.3, -0.25) is 14.4 Å². The molecule has 0 saturated heterocycles. The average molecular weight is 369 g/mol. The van der Waals surface area contributed by atoms with Crippen LogP contribution in [0, 0.1) is 11.8 Å². The lowest BCUT2D eigenvalue weighted by atomic mass is 9.98. The van der Waals surface area contributed by atoms with Crippen LogP contribution in [0.1, 0.15) is 20.3 Å². The second-order valence-electron chi connectivity index (χ2n) is 6.13. The number of rotatable bonds is 7. The standard InChI is InChI=1S/C15H19N3O6S/c1-8(2)5-9(15(21)22)7-16-25(23,24)10-3-4-11-12(6-10)18-14(20)13(19)17-11/h3-4,6,8-9,16H,5,7H2,1-2H3,(H,17,19)(H,18,20)(H,21,22). The molecule has 0 radical (unpaired) electrons. The molecule has 0 aliphatic rings. The van der Waals surface area contributed by atoms with Crippen molar-refractivity contribution in [2.45, 2.75) is 25.2 Å². The van der Waals surface area contributed by atoms with E-state index >= 15 is 0 Å². The van der Waals surface area contributed by atoms with Crippen LogP contribution in [0.4, 0.5) is 0 Å². The van der Waals surface area contributed by atoms with Gasteiger partial charge in [0.2, 0.25) is 10.0 Å². The molecule has 0 bridgehead atoms. The number of carboxylic acids is 1. The van der Waals surface area contributed by atoms with Crippen LogP contribution in [0.2, 0.25) is 0 Å². The van der Waals surface area contributed by atoms with Gasteiger partial charge in [-0.15, -0.1) is 0 Å². The third-order valence-corrected chi connectivity index (χ3v) is 5.05. The summed E-state index contributed by atoms with van der Waals surface area (Å²) in [5.74, 6) is -1.81. The Kier molecular flexibility index (Phi) is 5.43. The Labute approximate surface area is 143 Å². The molecule has 25 heavy (non-hydrogen) atoms. The predicted octanol–water partition coefficient (Wildman–Crippen LogP) is 0.242. The maximum Gasteiger partial charge on any atom is 0.314 e. The maximum atomic E-state index is 12.4. The number of hydrogen-bond donors (Lipinski definition) is 4. The van der Waals surface area contributed by atoms with Gasteiger partial charge < -0.3 is 15.1 Å². The molecule has 0 aliphatic heterocycles. The molecule has 1 aromatic carbocycles. The first-order valence-electron chi connectivity index (χ1n) is 7.59. The van der Waals surface area contributed by atoms with Crippen molar-refractivity contribution in [2.75, 3.05) is 6.54 Å². The summed E-state index contributed by atoms with van der Waals surface area (Å²) in [6.07, 6.45) is 0.337. The van der Waals surface area contributed by atoms with Crippen LogP contribution in [0.25, 0.3) is 11.0 Å². The minimum absolute atomic E-state index is 0.105. The lowest BCUT2D eigenvalue weighted by Crippen LogP contribution is -2.34. The number of fused-ring (bicyclic) bond motifs is 1. The van der Waals surface area contributed by atoms with Gasteiger partial charge in [-0.25, -0.2) is 13.1 Å². The Hall–Kier alpha value is -2.46. The van der Waals surface area contributed by atoms with E-state index in [1.807, 2.05) is 13.8 Å². The summed E-state index contributed by atoms with van der Waals surface area (Å²) in [4.78, 5) is 38.3. The second kappa shape index (κ2) is 7.19. The first-order valence-corrected chi connectivity index (χ1v) is 9.07. The van der Waals surface area contributed by atoms with Crippen molar-refractivity contribution in [3.63, 3.8) is 0 Å². The van der Waals surface area contributed by atoms with E-state index in [2.05, 4.69) is 14.7 Å². The number of nitrogens with one attached hydrogen (secondary N) is 3. The van der Waals surface area contributed by atoms with E-state index in [-0.39, 0.29) is 28.4 Å². The quantitative estimate of drug-likeness (QED) is 0.514. The van der Waals surface area contributed by atoms with Crippen LogP contribution in [-0.2, 0) is 14.8 Å². The number of carbonyl (C=O) groups is 1. The SMILES string of the molecule is CC(C)CC(CNS(=O)(=O)c1ccc2[nH]c(=O)c(=O)[nH]c2c1)C(=O)O.